The second-order valence-electron chi connectivity index (χ2n) is 4.72. The lowest BCUT2D eigenvalue weighted by atomic mass is 10.1. The standard InChI is InChI=1S/C14H15BrFN3/c1-7(2)14-18-12(8(3)13(17)19-14)10-6-9(15)4-5-11(10)16/h4-7H,1-3H3,(H2,17,18,19). The van der Waals surface area contributed by atoms with Gasteiger partial charge in [0.05, 0.1) is 5.69 Å². The van der Waals surface area contributed by atoms with Gasteiger partial charge in [-0.15, -0.1) is 0 Å². The van der Waals surface area contributed by atoms with Crippen molar-refractivity contribution in [3.63, 3.8) is 0 Å². The van der Waals surface area contributed by atoms with Gasteiger partial charge in [0.25, 0.3) is 0 Å². The fourth-order valence-corrected chi connectivity index (χ4v) is 2.11. The second-order valence-corrected chi connectivity index (χ2v) is 5.64. The van der Waals surface area contributed by atoms with Gasteiger partial charge in [0.1, 0.15) is 17.5 Å². The topological polar surface area (TPSA) is 51.8 Å². The van der Waals surface area contributed by atoms with Crippen molar-refractivity contribution in [3.8, 4) is 11.3 Å². The molecule has 2 aromatic rings. The maximum absolute atomic E-state index is 14.0. The predicted octanol–water partition coefficient (Wildman–Crippen LogP) is 4.06. The molecular formula is C14H15BrFN3. The number of rotatable bonds is 2. The van der Waals surface area contributed by atoms with Gasteiger partial charge in [-0.1, -0.05) is 29.8 Å². The van der Waals surface area contributed by atoms with E-state index in [1.54, 1.807) is 19.1 Å². The summed E-state index contributed by atoms with van der Waals surface area (Å²) < 4.78 is 14.8. The first-order valence-corrected chi connectivity index (χ1v) is 6.79. The minimum Gasteiger partial charge on any atom is -0.383 e. The van der Waals surface area contributed by atoms with E-state index in [0.717, 1.165) is 4.47 Å². The van der Waals surface area contributed by atoms with E-state index in [4.69, 9.17) is 5.73 Å². The first-order valence-electron chi connectivity index (χ1n) is 5.99. The minimum atomic E-state index is -0.320. The molecule has 0 fully saturated rings. The molecule has 0 bridgehead atoms. The highest BCUT2D eigenvalue weighted by Crippen LogP contribution is 2.30. The summed E-state index contributed by atoms with van der Waals surface area (Å²) >= 11 is 3.34. The van der Waals surface area contributed by atoms with E-state index in [2.05, 4.69) is 25.9 Å². The lowest BCUT2D eigenvalue weighted by molar-refractivity contribution is 0.629. The first kappa shape index (κ1) is 13.9. The van der Waals surface area contributed by atoms with Gasteiger partial charge in [-0.3, -0.25) is 0 Å². The monoisotopic (exact) mass is 323 g/mol. The molecule has 0 aliphatic carbocycles. The Bertz CT molecular complexity index is 626. The summed E-state index contributed by atoms with van der Waals surface area (Å²) in [6.07, 6.45) is 0. The first-order chi connectivity index (χ1) is 8.90. The van der Waals surface area contributed by atoms with Crippen LogP contribution in [0.15, 0.2) is 22.7 Å². The van der Waals surface area contributed by atoms with Gasteiger partial charge in [-0.25, -0.2) is 14.4 Å². The normalized spacial score (nSPS) is 11.1. The number of nitrogens with two attached hydrogens (primary N) is 1. The van der Waals surface area contributed by atoms with Gasteiger partial charge in [-0.05, 0) is 25.1 Å². The Labute approximate surface area is 120 Å². The van der Waals surface area contributed by atoms with Crippen molar-refractivity contribution in [2.75, 3.05) is 5.73 Å². The average molecular weight is 324 g/mol. The van der Waals surface area contributed by atoms with Crippen LogP contribution >= 0.6 is 15.9 Å². The number of anilines is 1. The molecule has 0 saturated heterocycles. The van der Waals surface area contributed by atoms with Crippen LogP contribution in [-0.4, -0.2) is 9.97 Å². The van der Waals surface area contributed by atoms with Gasteiger partial charge in [-0.2, -0.15) is 0 Å². The molecule has 0 atom stereocenters. The molecule has 1 aromatic heterocycles. The summed E-state index contributed by atoms with van der Waals surface area (Å²) in [7, 11) is 0. The van der Waals surface area contributed by atoms with Crippen LogP contribution in [-0.2, 0) is 0 Å². The largest absolute Gasteiger partial charge is 0.383 e. The molecule has 5 heteroatoms. The van der Waals surface area contributed by atoms with Crippen molar-refractivity contribution in [2.45, 2.75) is 26.7 Å². The van der Waals surface area contributed by atoms with Crippen molar-refractivity contribution in [3.05, 3.63) is 39.9 Å². The Kier molecular flexibility index (Phi) is 3.85. The SMILES string of the molecule is Cc1c(N)nc(C(C)C)nc1-c1cc(Br)ccc1F. The Morgan fingerprint density at radius 3 is 2.58 bits per heavy atom. The van der Waals surface area contributed by atoms with Gasteiger partial charge in [0, 0.05) is 21.5 Å². The number of nitrogens with zero attached hydrogens (tertiary/aromatic N) is 2. The van der Waals surface area contributed by atoms with Crippen LogP contribution in [0.25, 0.3) is 11.3 Å². The molecular weight excluding hydrogens is 309 g/mol. The number of nitrogen functional groups attached to an aromatic ring is 1. The Morgan fingerprint density at radius 2 is 1.95 bits per heavy atom. The number of hydrogen-bond donors (Lipinski definition) is 1. The van der Waals surface area contributed by atoms with E-state index >= 15 is 0 Å². The highest BCUT2D eigenvalue weighted by Gasteiger charge is 2.15. The number of hydrogen-bond acceptors (Lipinski definition) is 3. The van der Waals surface area contributed by atoms with E-state index in [-0.39, 0.29) is 11.7 Å². The Balaban J connectivity index is 2.70. The Morgan fingerprint density at radius 1 is 1.26 bits per heavy atom. The van der Waals surface area contributed by atoms with E-state index in [9.17, 15) is 4.39 Å². The molecule has 3 nitrogen and oxygen atoms in total. The molecule has 0 aliphatic heterocycles. The summed E-state index contributed by atoms with van der Waals surface area (Å²) in [5.41, 5.74) is 7.58. The highest BCUT2D eigenvalue weighted by molar-refractivity contribution is 9.10. The molecule has 0 amide bonds. The van der Waals surface area contributed by atoms with E-state index < -0.39 is 0 Å². The molecule has 100 valence electrons. The predicted molar refractivity (Wildman–Crippen MR) is 78.4 cm³/mol. The van der Waals surface area contributed by atoms with Gasteiger partial charge in [0.2, 0.25) is 0 Å². The van der Waals surface area contributed by atoms with Crippen molar-refractivity contribution in [1.29, 1.82) is 0 Å². The molecule has 2 N–H and O–H groups in total. The molecule has 19 heavy (non-hydrogen) atoms. The van der Waals surface area contributed by atoms with E-state index in [0.29, 0.717) is 28.5 Å². The summed E-state index contributed by atoms with van der Waals surface area (Å²) in [6.45, 7) is 5.76. The summed E-state index contributed by atoms with van der Waals surface area (Å²) in [5.74, 6) is 0.835. The molecule has 1 aromatic carbocycles. The number of benzene rings is 1. The van der Waals surface area contributed by atoms with E-state index in [1.165, 1.54) is 6.07 Å². The Hall–Kier alpha value is -1.49. The van der Waals surface area contributed by atoms with Crippen LogP contribution < -0.4 is 5.73 Å². The minimum absolute atomic E-state index is 0.136. The van der Waals surface area contributed by atoms with Crippen LogP contribution in [0, 0.1) is 12.7 Å². The maximum atomic E-state index is 14.0. The van der Waals surface area contributed by atoms with Crippen LogP contribution in [0.1, 0.15) is 31.2 Å². The third-order valence-electron chi connectivity index (χ3n) is 2.90. The average Bonchev–Trinajstić information content (AvgIpc) is 2.35. The molecule has 1 heterocycles. The molecule has 0 spiro atoms. The highest BCUT2D eigenvalue weighted by atomic mass is 79.9. The fourth-order valence-electron chi connectivity index (χ4n) is 1.75. The van der Waals surface area contributed by atoms with Crippen LogP contribution in [0.5, 0.6) is 0 Å². The smallest absolute Gasteiger partial charge is 0.133 e. The molecule has 0 unspecified atom stereocenters. The third kappa shape index (κ3) is 2.76. The summed E-state index contributed by atoms with van der Waals surface area (Å²) in [4.78, 5) is 8.70. The fraction of sp³-hybridized carbons (Fsp3) is 0.286. The van der Waals surface area contributed by atoms with Crippen molar-refractivity contribution >= 4 is 21.7 Å². The molecule has 0 saturated carbocycles. The van der Waals surface area contributed by atoms with Gasteiger partial charge < -0.3 is 5.73 Å². The van der Waals surface area contributed by atoms with Crippen molar-refractivity contribution in [1.82, 2.24) is 9.97 Å². The van der Waals surface area contributed by atoms with Crippen LogP contribution in [0.4, 0.5) is 10.2 Å². The maximum Gasteiger partial charge on any atom is 0.133 e. The lowest BCUT2D eigenvalue weighted by Gasteiger charge is -2.12. The van der Waals surface area contributed by atoms with Crippen molar-refractivity contribution < 1.29 is 4.39 Å². The van der Waals surface area contributed by atoms with Crippen LogP contribution in [0.2, 0.25) is 0 Å². The van der Waals surface area contributed by atoms with Crippen LogP contribution in [0.3, 0.4) is 0 Å². The van der Waals surface area contributed by atoms with Gasteiger partial charge >= 0.3 is 0 Å². The second kappa shape index (κ2) is 5.25. The van der Waals surface area contributed by atoms with Crippen molar-refractivity contribution in [2.24, 2.45) is 0 Å². The number of aromatic nitrogens is 2. The van der Waals surface area contributed by atoms with E-state index in [1.807, 2.05) is 13.8 Å². The number of halogens is 2. The zero-order chi connectivity index (χ0) is 14.2. The lowest BCUT2D eigenvalue weighted by Crippen LogP contribution is -2.06. The summed E-state index contributed by atoms with van der Waals surface area (Å²) in [5, 5.41) is 0. The van der Waals surface area contributed by atoms with Gasteiger partial charge in [0.15, 0.2) is 0 Å². The summed E-state index contributed by atoms with van der Waals surface area (Å²) in [6, 6.07) is 4.77. The zero-order valence-corrected chi connectivity index (χ0v) is 12.6. The molecule has 0 aliphatic rings. The third-order valence-corrected chi connectivity index (χ3v) is 3.39. The zero-order valence-electron chi connectivity index (χ0n) is 11.0. The molecule has 2 rings (SSSR count). The quantitative estimate of drug-likeness (QED) is 0.906. The molecule has 0 radical (unpaired) electrons.